The van der Waals surface area contributed by atoms with Crippen molar-refractivity contribution >= 4 is 52.2 Å². The fraction of sp³-hybridized carbons (Fsp3) is 0.200. The summed E-state index contributed by atoms with van der Waals surface area (Å²) in [6.45, 7) is 2.12. The highest BCUT2D eigenvalue weighted by atomic mass is 32.2. The Balaban J connectivity index is 1.19. The van der Waals surface area contributed by atoms with Gasteiger partial charge in [-0.2, -0.15) is 0 Å². The molecule has 2 aliphatic rings. The minimum Gasteiger partial charge on any atom is -0.493 e. The van der Waals surface area contributed by atoms with Crippen LogP contribution in [0.1, 0.15) is 11.1 Å². The van der Waals surface area contributed by atoms with Crippen LogP contribution < -0.4 is 29.6 Å². The highest BCUT2D eigenvalue weighted by Gasteiger charge is 2.36. The zero-order valence-corrected chi connectivity index (χ0v) is 23.6. The van der Waals surface area contributed by atoms with Crippen molar-refractivity contribution in [2.45, 2.75) is 6.92 Å². The van der Waals surface area contributed by atoms with Crippen LogP contribution in [0.5, 0.6) is 23.0 Å². The Hall–Kier alpha value is -4.97. The van der Waals surface area contributed by atoms with Gasteiger partial charge in [-0.3, -0.25) is 24.1 Å². The molecule has 12 heteroatoms. The molecule has 2 aliphatic heterocycles. The van der Waals surface area contributed by atoms with Crippen LogP contribution >= 0.6 is 11.8 Å². The molecule has 0 spiro atoms. The van der Waals surface area contributed by atoms with Crippen molar-refractivity contribution in [3.8, 4) is 23.0 Å². The van der Waals surface area contributed by atoms with Crippen LogP contribution in [0.2, 0.25) is 0 Å². The molecule has 5 rings (SSSR count). The number of ether oxygens (including phenoxy) is 4. The third-order valence-electron chi connectivity index (χ3n) is 6.18. The third-order valence-corrected chi connectivity index (χ3v) is 7.09. The number of thioether (sulfide) groups is 1. The number of aryl methyl sites for hydroxylation is 1. The fourth-order valence-electron chi connectivity index (χ4n) is 4.12. The molecule has 0 bridgehead atoms. The molecule has 2 N–H and O–H groups in total. The predicted octanol–water partition coefficient (Wildman–Crippen LogP) is 4.47. The molecule has 1 saturated heterocycles. The van der Waals surface area contributed by atoms with Crippen molar-refractivity contribution in [1.29, 1.82) is 0 Å². The molecule has 0 atom stereocenters. The van der Waals surface area contributed by atoms with Gasteiger partial charge >= 0.3 is 0 Å². The topological polar surface area (TPSA) is 133 Å². The van der Waals surface area contributed by atoms with E-state index in [4.69, 9.17) is 18.9 Å². The normalized spacial score (nSPS) is 15.0. The molecule has 42 heavy (non-hydrogen) atoms. The second kappa shape index (κ2) is 12.7. The van der Waals surface area contributed by atoms with Gasteiger partial charge in [0, 0.05) is 17.4 Å². The summed E-state index contributed by atoms with van der Waals surface area (Å²) in [6, 6.07) is 17.2. The molecule has 0 aliphatic carbocycles. The summed E-state index contributed by atoms with van der Waals surface area (Å²) in [5.41, 5.74) is 2.76. The molecule has 3 aromatic rings. The lowest BCUT2D eigenvalue weighted by Gasteiger charge is -2.19. The molecule has 4 amide bonds. The van der Waals surface area contributed by atoms with Gasteiger partial charge in [0.15, 0.2) is 29.6 Å². The molecule has 2 heterocycles. The van der Waals surface area contributed by atoms with E-state index in [1.54, 1.807) is 48.5 Å². The summed E-state index contributed by atoms with van der Waals surface area (Å²) in [5.74, 6) is 0.291. The van der Waals surface area contributed by atoms with Crippen molar-refractivity contribution in [1.82, 2.24) is 4.90 Å². The first kappa shape index (κ1) is 28.6. The number of carbonyl (C=O) groups excluding carboxylic acids is 4. The highest BCUT2D eigenvalue weighted by Crippen LogP contribution is 2.35. The van der Waals surface area contributed by atoms with Crippen LogP contribution in [-0.2, 0) is 14.4 Å². The molecule has 216 valence electrons. The van der Waals surface area contributed by atoms with Crippen molar-refractivity contribution in [2.75, 3.05) is 44.1 Å². The lowest BCUT2D eigenvalue weighted by atomic mass is 10.2. The number of carbonyl (C=O) groups is 4. The Morgan fingerprint density at radius 1 is 0.905 bits per heavy atom. The number of hydrogen-bond donors (Lipinski definition) is 2. The standard InChI is InChI=1S/C30H27N3O8S/c1-18-3-6-20(7-4-18)31-28(35)17-41-22-9-5-19(13-24(22)38-2)14-26-29(36)33(30(37)42-26)16-27(34)32-21-8-10-23-25(15-21)40-12-11-39-23/h3-10,13-15H,11-12,16-17H2,1-2H3,(H,31,35)(H,32,34)/b26-14+. The molecule has 3 aromatic carbocycles. The quantitative estimate of drug-likeness (QED) is 0.347. The first-order valence-corrected chi connectivity index (χ1v) is 13.7. The van der Waals surface area contributed by atoms with Crippen LogP contribution in [0.3, 0.4) is 0 Å². The number of imide groups is 1. The van der Waals surface area contributed by atoms with E-state index in [9.17, 15) is 19.2 Å². The average Bonchev–Trinajstić information content (AvgIpc) is 3.24. The Kier molecular flexibility index (Phi) is 8.63. The third kappa shape index (κ3) is 6.84. The molecular weight excluding hydrogens is 562 g/mol. The number of benzene rings is 3. The maximum atomic E-state index is 13.0. The van der Waals surface area contributed by atoms with Gasteiger partial charge in [0.05, 0.1) is 12.0 Å². The largest absolute Gasteiger partial charge is 0.493 e. The van der Waals surface area contributed by atoms with Crippen LogP contribution in [0, 0.1) is 6.92 Å². The number of amides is 4. The van der Waals surface area contributed by atoms with Gasteiger partial charge in [0.1, 0.15) is 19.8 Å². The number of nitrogens with zero attached hydrogens (tertiary/aromatic N) is 1. The molecular formula is C30H27N3O8S. The maximum absolute atomic E-state index is 13.0. The smallest absolute Gasteiger partial charge is 0.294 e. The molecule has 0 saturated carbocycles. The zero-order chi connectivity index (χ0) is 29.6. The van der Waals surface area contributed by atoms with Crippen LogP contribution in [-0.4, -0.2) is 61.3 Å². The fourth-order valence-corrected chi connectivity index (χ4v) is 4.96. The van der Waals surface area contributed by atoms with E-state index in [0.29, 0.717) is 53.2 Å². The van der Waals surface area contributed by atoms with E-state index >= 15 is 0 Å². The zero-order valence-electron chi connectivity index (χ0n) is 22.8. The number of nitrogens with one attached hydrogen (secondary N) is 2. The minimum atomic E-state index is -0.589. The van der Waals surface area contributed by atoms with E-state index in [2.05, 4.69) is 10.6 Å². The molecule has 0 aromatic heterocycles. The van der Waals surface area contributed by atoms with E-state index in [1.165, 1.54) is 13.2 Å². The summed E-state index contributed by atoms with van der Waals surface area (Å²) in [6.07, 6.45) is 1.53. The Labute approximate surface area is 245 Å². The van der Waals surface area contributed by atoms with Crippen LogP contribution in [0.25, 0.3) is 6.08 Å². The van der Waals surface area contributed by atoms with Gasteiger partial charge in [-0.25, -0.2) is 0 Å². The summed E-state index contributed by atoms with van der Waals surface area (Å²) in [7, 11) is 1.45. The van der Waals surface area contributed by atoms with Crippen LogP contribution in [0.4, 0.5) is 16.2 Å². The SMILES string of the molecule is COc1cc(/C=C2/SC(=O)N(CC(=O)Nc3ccc4c(c3)OCCO4)C2=O)ccc1OCC(=O)Nc1ccc(C)cc1. The highest BCUT2D eigenvalue weighted by molar-refractivity contribution is 8.18. The van der Waals surface area contributed by atoms with Crippen LogP contribution in [0.15, 0.2) is 65.6 Å². The molecule has 1 fully saturated rings. The molecule has 0 unspecified atom stereocenters. The summed E-state index contributed by atoms with van der Waals surface area (Å²) in [5, 5.41) is 4.87. The summed E-state index contributed by atoms with van der Waals surface area (Å²) >= 11 is 0.734. The van der Waals surface area contributed by atoms with Gasteiger partial charge in [0.2, 0.25) is 5.91 Å². The Morgan fingerprint density at radius 3 is 2.38 bits per heavy atom. The van der Waals surface area contributed by atoms with Crippen molar-refractivity contribution < 1.29 is 38.1 Å². The predicted molar refractivity (Wildman–Crippen MR) is 157 cm³/mol. The van der Waals surface area contributed by atoms with Crippen molar-refractivity contribution in [3.05, 3.63) is 76.7 Å². The van der Waals surface area contributed by atoms with Crippen molar-refractivity contribution in [2.24, 2.45) is 0 Å². The van der Waals surface area contributed by atoms with Crippen molar-refractivity contribution in [3.63, 3.8) is 0 Å². The Bertz CT molecular complexity index is 1570. The average molecular weight is 590 g/mol. The monoisotopic (exact) mass is 589 g/mol. The van der Waals surface area contributed by atoms with Gasteiger partial charge in [-0.15, -0.1) is 0 Å². The number of anilines is 2. The number of fused-ring (bicyclic) bond motifs is 1. The van der Waals surface area contributed by atoms with E-state index in [1.807, 2.05) is 19.1 Å². The summed E-state index contributed by atoms with van der Waals surface area (Å²) in [4.78, 5) is 51.5. The number of rotatable bonds is 9. The first-order chi connectivity index (χ1) is 20.3. The first-order valence-electron chi connectivity index (χ1n) is 12.9. The van der Waals surface area contributed by atoms with E-state index < -0.39 is 23.6 Å². The maximum Gasteiger partial charge on any atom is 0.294 e. The lowest BCUT2D eigenvalue weighted by Crippen LogP contribution is -2.36. The molecule has 11 nitrogen and oxygen atoms in total. The van der Waals surface area contributed by atoms with Gasteiger partial charge in [-0.05, 0) is 66.7 Å². The summed E-state index contributed by atoms with van der Waals surface area (Å²) < 4.78 is 22.0. The van der Waals surface area contributed by atoms with Gasteiger partial charge in [-0.1, -0.05) is 23.8 Å². The second-order valence-corrected chi connectivity index (χ2v) is 10.3. The second-order valence-electron chi connectivity index (χ2n) is 9.29. The van der Waals surface area contributed by atoms with Gasteiger partial charge < -0.3 is 29.6 Å². The molecule has 0 radical (unpaired) electrons. The van der Waals surface area contributed by atoms with E-state index in [-0.39, 0.29) is 17.4 Å². The van der Waals surface area contributed by atoms with E-state index in [0.717, 1.165) is 22.2 Å². The lowest BCUT2D eigenvalue weighted by molar-refractivity contribution is -0.127. The Morgan fingerprint density at radius 2 is 1.62 bits per heavy atom. The van der Waals surface area contributed by atoms with Gasteiger partial charge in [0.25, 0.3) is 17.1 Å². The number of methoxy groups -OCH3 is 1. The minimum absolute atomic E-state index is 0.153. The number of hydrogen-bond acceptors (Lipinski definition) is 9.